The first-order valence-electron chi connectivity index (χ1n) is 6.46. The van der Waals surface area contributed by atoms with Crippen LogP contribution in [0.15, 0.2) is 46.5 Å². The van der Waals surface area contributed by atoms with E-state index < -0.39 is 16.1 Å². The van der Waals surface area contributed by atoms with Crippen LogP contribution in [0, 0.1) is 6.92 Å². The Labute approximate surface area is 125 Å². The molecule has 0 aliphatic rings. The number of benzene rings is 1. The Bertz CT molecular complexity index is 649. The molecule has 0 saturated carbocycles. The zero-order valence-corrected chi connectivity index (χ0v) is 13.2. The van der Waals surface area contributed by atoms with Crippen molar-refractivity contribution in [3.8, 4) is 0 Å². The summed E-state index contributed by atoms with van der Waals surface area (Å²) >= 11 is 0. The van der Waals surface area contributed by atoms with E-state index in [1.54, 1.807) is 18.2 Å². The van der Waals surface area contributed by atoms with E-state index in [-0.39, 0.29) is 11.5 Å². The van der Waals surface area contributed by atoms with Crippen LogP contribution >= 0.6 is 0 Å². The minimum absolute atomic E-state index is 0.0227. The molecule has 0 bridgehead atoms. The van der Waals surface area contributed by atoms with Crippen LogP contribution in [0.5, 0.6) is 0 Å². The maximum atomic E-state index is 11.9. The SMILES string of the molecule is CC(C)=C=CCCOC(=O)NS(=O)(=O)c1ccc(C)cc1. The normalized spacial score (nSPS) is 10.4. The molecule has 114 valence electrons. The van der Waals surface area contributed by atoms with Gasteiger partial charge in [0.05, 0.1) is 11.5 Å². The lowest BCUT2D eigenvalue weighted by Crippen LogP contribution is -2.31. The molecule has 0 aliphatic carbocycles. The summed E-state index contributed by atoms with van der Waals surface area (Å²) in [7, 11) is -3.89. The molecule has 0 aliphatic heterocycles. The maximum Gasteiger partial charge on any atom is 0.421 e. The molecule has 0 atom stereocenters. The van der Waals surface area contributed by atoms with Crippen molar-refractivity contribution in [1.29, 1.82) is 0 Å². The molecule has 0 spiro atoms. The number of aryl methyl sites for hydroxylation is 1. The van der Waals surface area contributed by atoms with E-state index in [9.17, 15) is 13.2 Å². The summed E-state index contributed by atoms with van der Waals surface area (Å²) in [4.78, 5) is 11.5. The average molecular weight is 309 g/mol. The van der Waals surface area contributed by atoms with E-state index >= 15 is 0 Å². The molecule has 0 unspecified atom stereocenters. The van der Waals surface area contributed by atoms with Crippen molar-refractivity contribution in [2.45, 2.75) is 32.1 Å². The molecular weight excluding hydrogens is 290 g/mol. The largest absolute Gasteiger partial charge is 0.448 e. The van der Waals surface area contributed by atoms with E-state index in [2.05, 4.69) is 5.73 Å². The molecule has 5 nitrogen and oxygen atoms in total. The number of sulfonamides is 1. The quantitative estimate of drug-likeness (QED) is 0.670. The summed E-state index contributed by atoms with van der Waals surface area (Å²) in [5.41, 5.74) is 4.91. The van der Waals surface area contributed by atoms with Gasteiger partial charge in [0.1, 0.15) is 0 Å². The van der Waals surface area contributed by atoms with Crippen LogP contribution in [0.2, 0.25) is 0 Å². The minimum Gasteiger partial charge on any atom is -0.448 e. The number of rotatable bonds is 5. The molecular formula is C15H19NO4S. The van der Waals surface area contributed by atoms with Crippen LogP contribution in [-0.4, -0.2) is 21.1 Å². The van der Waals surface area contributed by atoms with Gasteiger partial charge in [-0.3, -0.25) is 0 Å². The molecule has 21 heavy (non-hydrogen) atoms. The average Bonchev–Trinajstić information content (AvgIpc) is 2.37. The second-order valence-electron chi connectivity index (χ2n) is 4.69. The Morgan fingerprint density at radius 1 is 1.29 bits per heavy atom. The van der Waals surface area contributed by atoms with Gasteiger partial charge in [0.25, 0.3) is 10.0 Å². The van der Waals surface area contributed by atoms with Crippen LogP contribution in [-0.2, 0) is 14.8 Å². The molecule has 0 aromatic heterocycles. The summed E-state index contributed by atoms with van der Waals surface area (Å²) in [5, 5.41) is 0. The molecule has 6 heteroatoms. The van der Waals surface area contributed by atoms with Gasteiger partial charge in [0, 0.05) is 6.42 Å². The molecule has 1 amide bonds. The van der Waals surface area contributed by atoms with E-state index in [0.29, 0.717) is 6.42 Å². The molecule has 1 rings (SSSR count). The number of carbonyl (C=O) groups is 1. The third kappa shape index (κ3) is 6.29. The highest BCUT2D eigenvalue weighted by molar-refractivity contribution is 7.90. The summed E-state index contributed by atoms with van der Waals surface area (Å²) in [6.07, 6.45) is 1.22. The van der Waals surface area contributed by atoms with Gasteiger partial charge in [0.2, 0.25) is 0 Å². The first-order chi connectivity index (χ1) is 9.81. The van der Waals surface area contributed by atoms with Crippen LogP contribution in [0.1, 0.15) is 25.8 Å². The number of hydrogen-bond acceptors (Lipinski definition) is 4. The smallest absolute Gasteiger partial charge is 0.421 e. The van der Waals surface area contributed by atoms with Gasteiger partial charge >= 0.3 is 6.09 Å². The second-order valence-corrected chi connectivity index (χ2v) is 6.37. The van der Waals surface area contributed by atoms with Crippen molar-refractivity contribution in [1.82, 2.24) is 4.72 Å². The molecule has 0 radical (unpaired) electrons. The fourth-order valence-corrected chi connectivity index (χ4v) is 2.29. The van der Waals surface area contributed by atoms with Crippen molar-refractivity contribution in [2.24, 2.45) is 0 Å². The lowest BCUT2D eigenvalue weighted by molar-refractivity contribution is 0.154. The van der Waals surface area contributed by atoms with E-state index in [1.807, 2.05) is 25.5 Å². The predicted octanol–water partition coefficient (Wildman–Crippen LogP) is 2.92. The summed E-state index contributed by atoms with van der Waals surface area (Å²) in [6.45, 7) is 5.74. The van der Waals surface area contributed by atoms with Crippen molar-refractivity contribution >= 4 is 16.1 Å². The van der Waals surface area contributed by atoms with Crippen LogP contribution in [0.3, 0.4) is 0 Å². The van der Waals surface area contributed by atoms with Gasteiger partial charge in [-0.2, -0.15) is 0 Å². The summed E-state index contributed by atoms with van der Waals surface area (Å²) in [6, 6.07) is 6.18. The fraction of sp³-hybridized carbons (Fsp3) is 0.333. The Morgan fingerprint density at radius 2 is 1.90 bits per heavy atom. The number of carbonyl (C=O) groups excluding carboxylic acids is 1. The number of hydrogen-bond donors (Lipinski definition) is 1. The van der Waals surface area contributed by atoms with Gasteiger partial charge in [-0.05, 0) is 44.6 Å². The molecule has 0 fully saturated rings. The molecule has 1 aromatic rings. The Hall–Kier alpha value is -2.04. The predicted molar refractivity (Wildman–Crippen MR) is 80.4 cm³/mol. The monoisotopic (exact) mass is 309 g/mol. The Kier molecular flexibility index (Phi) is 6.21. The zero-order valence-electron chi connectivity index (χ0n) is 12.3. The van der Waals surface area contributed by atoms with Crippen molar-refractivity contribution in [3.63, 3.8) is 0 Å². The number of ether oxygens (including phenoxy) is 1. The van der Waals surface area contributed by atoms with Crippen LogP contribution in [0.4, 0.5) is 4.79 Å². The van der Waals surface area contributed by atoms with Crippen molar-refractivity contribution in [3.05, 3.63) is 47.2 Å². The van der Waals surface area contributed by atoms with Gasteiger partial charge in [-0.15, -0.1) is 5.73 Å². The molecule has 0 heterocycles. The van der Waals surface area contributed by atoms with Crippen LogP contribution in [0.25, 0.3) is 0 Å². The fourth-order valence-electron chi connectivity index (χ4n) is 1.40. The van der Waals surface area contributed by atoms with Gasteiger partial charge in [-0.25, -0.2) is 17.9 Å². The molecule has 1 aromatic carbocycles. The van der Waals surface area contributed by atoms with Gasteiger partial charge in [-0.1, -0.05) is 17.7 Å². The Balaban J connectivity index is 2.54. The third-order valence-corrected chi connectivity index (χ3v) is 3.76. The highest BCUT2D eigenvalue weighted by Gasteiger charge is 2.17. The summed E-state index contributed by atoms with van der Waals surface area (Å²) < 4.78 is 30.5. The highest BCUT2D eigenvalue weighted by Crippen LogP contribution is 2.09. The third-order valence-electron chi connectivity index (χ3n) is 2.44. The molecule has 1 N–H and O–H groups in total. The van der Waals surface area contributed by atoms with Gasteiger partial charge in [0.15, 0.2) is 0 Å². The van der Waals surface area contributed by atoms with Crippen molar-refractivity contribution in [2.75, 3.05) is 6.61 Å². The number of nitrogens with one attached hydrogen (secondary N) is 1. The van der Waals surface area contributed by atoms with Gasteiger partial charge < -0.3 is 4.74 Å². The maximum absolute atomic E-state index is 11.9. The van der Waals surface area contributed by atoms with E-state index in [4.69, 9.17) is 4.74 Å². The molecule has 0 saturated heterocycles. The lowest BCUT2D eigenvalue weighted by Gasteiger charge is -2.07. The summed E-state index contributed by atoms with van der Waals surface area (Å²) in [5.74, 6) is 0. The first-order valence-corrected chi connectivity index (χ1v) is 7.94. The number of amides is 1. The standard InChI is InChI=1S/C15H19NO4S/c1-12(2)6-4-5-11-20-15(17)16-21(18,19)14-9-7-13(3)8-10-14/h4,7-10H,5,11H2,1-3H3,(H,16,17). The van der Waals surface area contributed by atoms with Crippen LogP contribution < -0.4 is 4.72 Å². The van der Waals surface area contributed by atoms with Crippen molar-refractivity contribution < 1.29 is 17.9 Å². The lowest BCUT2D eigenvalue weighted by atomic mass is 10.2. The zero-order chi connectivity index (χ0) is 15.9. The second kappa shape index (κ2) is 7.67. The minimum atomic E-state index is -3.89. The first kappa shape index (κ1) is 17.0. The highest BCUT2D eigenvalue weighted by atomic mass is 32.2. The van der Waals surface area contributed by atoms with E-state index in [1.165, 1.54) is 12.1 Å². The van der Waals surface area contributed by atoms with E-state index in [0.717, 1.165) is 11.1 Å². The Morgan fingerprint density at radius 3 is 2.48 bits per heavy atom. The topological polar surface area (TPSA) is 72.5 Å².